The lowest BCUT2D eigenvalue weighted by molar-refractivity contribution is 0.369. The van der Waals surface area contributed by atoms with Crippen LogP contribution >= 0.6 is 11.3 Å². The van der Waals surface area contributed by atoms with Gasteiger partial charge < -0.3 is 15.1 Å². The summed E-state index contributed by atoms with van der Waals surface area (Å²) in [6.45, 7) is 12.2. The predicted molar refractivity (Wildman–Crippen MR) is 111 cm³/mol. The van der Waals surface area contributed by atoms with E-state index in [4.69, 9.17) is 4.99 Å². The van der Waals surface area contributed by atoms with Crippen LogP contribution in [-0.4, -0.2) is 55.1 Å². The fourth-order valence-corrected chi connectivity index (χ4v) is 3.97. The maximum Gasteiger partial charge on any atom is 0.194 e. The summed E-state index contributed by atoms with van der Waals surface area (Å²) in [6, 6.07) is 10.4. The Labute approximate surface area is 160 Å². The van der Waals surface area contributed by atoms with Crippen molar-refractivity contribution in [2.24, 2.45) is 4.99 Å². The van der Waals surface area contributed by atoms with Gasteiger partial charge in [-0.25, -0.2) is 4.98 Å². The number of anilines is 1. The van der Waals surface area contributed by atoms with Crippen molar-refractivity contribution in [3.05, 3.63) is 46.8 Å². The van der Waals surface area contributed by atoms with E-state index in [9.17, 15) is 0 Å². The van der Waals surface area contributed by atoms with Crippen LogP contribution < -0.4 is 10.2 Å². The van der Waals surface area contributed by atoms with Crippen molar-refractivity contribution in [2.75, 3.05) is 44.2 Å². The largest absolute Gasteiger partial charge is 0.357 e. The molecule has 5 nitrogen and oxygen atoms in total. The molecule has 0 atom stereocenters. The lowest BCUT2D eigenvalue weighted by Crippen LogP contribution is -2.53. The van der Waals surface area contributed by atoms with Crippen LogP contribution in [0, 0.1) is 0 Å². The Morgan fingerprint density at radius 3 is 2.62 bits per heavy atom. The molecule has 3 heterocycles. The number of rotatable bonds is 5. The number of aliphatic imine (C=N–C) groups is 1. The van der Waals surface area contributed by atoms with Crippen LogP contribution in [-0.2, 0) is 5.41 Å². The number of aromatic nitrogens is 1. The molecule has 1 aliphatic heterocycles. The molecule has 1 fully saturated rings. The highest BCUT2D eigenvalue weighted by Gasteiger charge is 2.24. The molecule has 140 valence electrons. The first-order valence-corrected chi connectivity index (χ1v) is 10.2. The van der Waals surface area contributed by atoms with Crippen molar-refractivity contribution in [3.63, 3.8) is 0 Å². The molecule has 2 aromatic rings. The number of nitrogens with one attached hydrogen (secondary N) is 1. The van der Waals surface area contributed by atoms with E-state index < -0.39 is 0 Å². The Bertz CT molecular complexity index is 688. The standard InChI is InChI=1S/C20H29N5S/c1-4-21-19(23-16-20(2,3)17-8-7-15-26-17)25-13-11-24(12-14-25)18-9-5-6-10-22-18/h5-10,15H,4,11-14,16H2,1-3H3,(H,21,23). The second-order valence-electron chi connectivity index (χ2n) is 7.19. The van der Waals surface area contributed by atoms with Crippen molar-refractivity contribution in [3.8, 4) is 0 Å². The summed E-state index contributed by atoms with van der Waals surface area (Å²) in [5, 5.41) is 5.61. The molecule has 2 aromatic heterocycles. The lowest BCUT2D eigenvalue weighted by atomic mass is 9.92. The van der Waals surface area contributed by atoms with Crippen LogP contribution in [0.2, 0.25) is 0 Å². The third-order valence-electron chi connectivity index (χ3n) is 4.70. The van der Waals surface area contributed by atoms with E-state index in [0.29, 0.717) is 0 Å². The molecule has 0 saturated carbocycles. The van der Waals surface area contributed by atoms with Gasteiger partial charge in [0.1, 0.15) is 5.82 Å². The SMILES string of the molecule is CCNC(=NCC(C)(C)c1cccs1)N1CCN(c2ccccn2)CC1. The van der Waals surface area contributed by atoms with Gasteiger partial charge in [0.2, 0.25) is 0 Å². The number of thiophene rings is 1. The summed E-state index contributed by atoms with van der Waals surface area (Å²) in [5.74, 6) is 2.09. The Kier molecular flexibility index (Phi) is 6.14. The summed E-state index contributed by atoms with van der Waals surface area (Å²) in [5.41, 5.74) is 0.0601. The summed E-state index contributed by atoms with van der Waals surface area (Å²) < 4.78 is 0. The van der Waals surface area contributed by atoms with E-state index in [1.807, 2.05) is 29.7 Å². The van der Waals surface area contributed by atoms with Gasteiger partial charge in [-0.3, -0.25) is 4.99 Å². The minimum atomic E-state index is 0.0601. The molecule has 1 aliphatic rings. The second kappa shape index (κ2) is 8.54. The quantitative estimate of drug-likeness (QED) is 0.647. The van der Waals surface area contributed by atoms with E-state index in [2.05, 4.69) is 64.5 Å². The highest BCUT2D eigenvalue weighted by Crippen LogP contribution is 2.27. The van der Waals surface area contributed by atoms with Gasteiger partial charge in [-0.05, 0) is 30.5 Å². The van der Waals surface area contributed by atoms with E-state index in [0.717, 1.165) is 51.0 Å². The first-order chi connectivity index (χ1) is 12.6. The summed E-state index contributed by atoms with van der Waals surface area (Å²) >= 11 is 1.81. The fourth-order valence-electron chi connectivity index (χ4n) is 3.13. The van der Waals surface area contributed by atoms with E-state index in [-0.39, 0.29) is 5.41 Å². The van der Waals surface area contributed by atoms with E-state index >= 15 is 0 Å². The predicted octanol–water partition coefficient (Wildman–Crippen LogP) is 3.21. The highest BCUT2D eigenvalue weighted by atomic mass is 32.1. The zero-order valence-electron chi connectivity index (χ0n) is 16.0. The first-order valence-electron chi connectivity index (χ1n) is 9.33. The van der Waals surface area contributed by atoms with Gasteiger partial charge in [0.15, 0.2) is 5.96 Å². The van der Waals surface area contributed by atoms with Crippen molar-refractivity contribution >= 4 is 23.1 Å². The number of nitrogens with zero attached hydrogens (tertiary/aromatic N) is 4. The van der Waals surface area contributed by atoms with Crippen LogP contribution in [0.25, 0.3) is 0 Å². The first kappa shape index (κ1) is 18.7. The molecule has 0 aliphatic carbocycles. The van der Waals surface area contributed by atoms with E-state index in [1.54, 1.807) is 0 Å². The van der Waals surface area contributed by atoms with Crippen LogP contribution in [0.15, 0.2) is 46.9 Å². The normalized spacial score (nSPS) is 16.0. The molecule has 0 amide bonds. The third-order valence-corrected chi connectivity index (χ3v) is 5.94. The number of hydrogen-bond acceptors (Lipinski definition) is 4. The maximum atomic E-state index is 4.97. The molecule has 0 spiro atoms. The van der Waals surface area contributed by atoms with Gasteiger partial charge >= 0.3 is 0 Å². The molecule has 0 bridgehead atoms. The molecule has 6 heteroatoms. The van der Waals surface area contributed by atoms with Crippen LogP contribution in [0.5, 0.6) is 0 Å². The van der Waals surface area contributed by atoms with Crippen molar-refractivity contribution in [1.82, 2.24) is 15.2 Å². The summed E-state index contributed by atoms with van der Waals surface area (Å²) in [7, 11) is 0. The Morgan fingerprint density at radius 1 is 1.19 bits per heavy atom. The minimum absolute atomic E-state index is 0.0601. The van der Waals surface area contributed by atoms with Gasteiger partial charge in [0.05, 0.1) is 6.54 Å². The number of hydrogen-bond donors (Lipinski definition) is 1. The average Bonchev–Trinajstić information content (AvgIpc) is 3.22. The smallest absolute Gasteiger partial charge is 0.194 e. The molecule has 3 rings (SSSR count). The summed E-state index contributed by atoms with van der Waals surface area (Å²) in [6.07, 6.45) is 1.86. The van der Waals surface area contributed by atoms with Gasteiger partial charge in [-0.15, -0.1) is 11.3 Å². The van der Waals surface area contributed by atoms with Crippen LogP contribution in [0.3, 0.4) is 0 Å². The van der Waals surface area contributed by atoms with E-state index in [1.165, 1.54) is 4.88 Å². The monoisotopic (exact) mass is 371 g/mol. The Morgan fingerprint density at radius 2 is 2.00 bits per heavy atom. The fraction of sp³-hybridized carbons (Fsp3) is 0.500. The molecule has 26 heavy (non-hydrogen) atoms. The number of guanidine groups is 1. The second-order valence-corrected chi connectivity index (χ2v) is 8.14. The van der Waals surface area contributed by atoms with Gasteiger partial charge in [-0.2, -0.15) is 0 Å². The van der Waals surface area contributed by atoms with Crippen molar-refractivity contribution in [1.29, 1.82) is 0 Å². The minimum Gasteiger partial charge on any atom is -0.357 e. The van der Waals surface area contributed by atoms with Crippen molar-refractivity contribution < 1.29 is 0 Å². The molecule has 1 saturated heterocycles. The number of pyridine rings is 1. The third kappa shape index (κ3) is 4.55. The van der Waals surface area contributed by atoms with Gasteiger partial charge in [-0.1, -0.05) is 26.0 Å². The summed E-state index contributed by atoms with van der Waals surface area (Å²) in [4.78, 5) is 15.5. The molecule has 1 N–H and O–H groups in total. The molecule has 0 aromatic carbocycles. The molecular weight excluding hydrogens is 342 g/mol. The highest BCUT2D eigenvalue weighted by molar-refractivity contribution is 7.10. The average molecular weight is 372 g/mol. The molecule has 0 radical (unpaired) electrons. The van der Waals surface area contributed by atoms with Crippen LogP contribution in [0.1, 0.15) is 25.6 Å². The van der Waals surface area contributed by atoms with Gasteiger partial charge in [0.25, 0.3) is 0 Å². The molecular formula is C20H29N5S. The zero-order chi connectivity index (χ0) is 18.4. The van der Waals surface area contributed by atoms with Crippen molar-refractivity contribution in [2.45, 2.75) is 26.2 Å². The molecule has 0 unspecified atom stereocenters. The Hall–Kier alpha value is -2.08. The maximum absolute atomic E-state index is 4.97. The van der Waals surface area contributed by atoms with Crippen LogP contribution in [0.4, 0.5) is 5.82 Å². The van der Waals surface area contributed by atoms with Gasteiger partial charge in [0, 0.05) is 49.2 Å². The zero-order valence-corrected chi connectivity index (χ0v) is 16.8. The topological polar surface area (TPSA) is 43.8 Å². The lowest BCUT2D eigenvalue weighted by Gasteiger charge is -2.37. The number of piperazine rings is 1. The Balaban J connectivity index is 1.63.